The highest BCUT2D eigenvalue weighted by molar-refractivity contribution is 7.99. The maximum Gasteiger partial charge on any atom is 0.0181 e. The molecule has 0 saturated carbocycles. The Bertz CT molecular complexity index is 54.4. The third-order valence-corrected chi connectivity index (χ3v) is 2.42. The normalized spacial score (nSPS) is 27.4. The van der Waals surface area contributed by atoms with Crippen LogP contribution in [-0.2, 0) is 0 Å². The summed E-state index contributed by atoms with van der Waals surface area (Å²) in [5, 5.41) is 4.21. The van der Waals surface area contributed by atoms with Gasteiger partial charge in [-0.15, -0.1) is 12.4 Å². The Morgan fingerprint density at radius 3 is 2.62 bits per heavy atom. The van der Waals surface area contributed by atoms with Crippen molar-refractivity contribution >= 4 is 24.2 Å². The monoisotopic (exact) mass is 153 g/mol. The van der Waals surface area contributed by atoms with Gasteiger partial charge < -0.3 is 5.32 Å². The third-order valence-electron chi connectivity index (χ3n) is 1.35. The predicted molar refractivity (Wildman–Crippen MR) is 42.0 cm³/mol. The number of thioether (sulfide) groups is 1. The van der Waals surface area contributed by atoms with Crippen molar-refractivity contribution in [2.24, 2.45) is 0 Å². The van der Waals surface area contributed by atoms with Crippen molar-refractivity contribution in [3.8, 4) is 0 Å². The largest absolute Gasteiger partial charge is 0.316 e. The highest BCUT2D eigenvalue weighted by atomic mass is 35.5. The average Bonchev–Trinajstić information content (AvgIpc) is 2.14. The first-order valence-corrected chi connectivity index (χ1v) is 3.96. The number of rotatable bonds is 1. The summed E-state index contributed by atoms with van der Waals surface area (Å²) in [6.07, 6.45) is 3.54. The van der Waals surface area contributed by atoms with E-state index < -0.39 is 0 Å². The van der Waals surface area contributed by atoms with E-state index in [1.165, 1.54) is 19.5 Å². The smallest absolute Gasteiger partial charge is 0.0181 e. The molecule has 3 heteroatoms. The highest BCUT2D eigenvalue weighted by Crippen LogP contribution is 2.12. The van der Waals surface area contributed by atoms with Gasteiger partial charge in [-0.1, -0.05) is 0 Å². The minimum atomic E-state index is 0. The van der Waals surface area contributed by atoms with Crippen LogP contribution >= 0.6 is 24.2 Å². The minimum Gasteiger partial charge on any atom is -0.316 e. The van der Waals surface area contributed by atoms with Crippen LogP contribution in [0.5, 0.6) is 0 Å². The molecule has 0 bridgehead atoms. The van der Waals surface area contributed by atoms with Crippen molar-refractivity contribution in [1.29, 1.82) is 0 Å². The second-order valence-corrected chi connectivity index (χ2v) is 2.99. The molecular weight excluding hydrogens is 142 g/mol. The zero-order valence-electron chi connectivity index (χ0n) is 5.02. The number of hydrogen-bond donors (Lipinski definition) is 1. The molecule has 1 nitrogen and oxygen atoms in total. The molecule has 1 aliphatic rings. The standard InChI is InChI=1S/C5H11NS.ClH/c1-7-5-2-3-6-4-5;/h5-6H,2-4H2,1H3;1H. The summed E-state index contributed by atoms with van der Waals surface area (Å²) < 4.78 is 0. The molecule has 0 spiro atoms. The predicted octanol–water partition coefficient (Wildman–Crippen LogP) is 1.13. The molecule has 0 aromatic carbocycles. The van der Waals surface area contributed by atoms with Crippen molar-refractivity contribution in [3.63, 3.8) is 0 Å². The van der Waals surface area contributed by atoms with Crippen LogP contribution in [0.1, 0.15) is 6.42 Å². The Balaban J connectivity index is 0.000000490. The molecule has 50 valence electrons. The van der Waals surface area contributed by atoms with E-state index in [0.29, 0.717) is 0 Å². The lowest BCUT2D eigenvalue weighted by Gasteiger charge is -1.98. The van der Waals surface area contributed by atoms with Crippen molar-refractivity contribution < 1.29 is 0 Å². The molecule has 0 aromatic heterocycles. The summed E-state index contributed by atoms with van der Waals surface area (Å²) in [5.74, 6) is 0. The first-order valence-electron chi connectivity index (χ1n) is 2.67. The highest BCUT2D eigenvalue weighted by Gasteiger charge is 2.10. The van der Waals surface area contributed by atoms with Gasteiger partial charge in [0.15, 0.2) is 0 Å². The van der Waals surface area contributed by atoms with Gasteiger partial charge in [-0.25, -0.2) is 0 Å². The third kappa shape index (κ3) is 2.25. The van der Waals surface area contributed by atoms with Gasteiger partial charge >= 0.3 is 0 Å². The van der Waals surface area contributed by atoms with E-state index in [2.05, 4.69) is 11.6 Å². The van der Waals surface area contributed by atoms with Crippen LogP contribution in [0, 0.1) is 0 Å². The number of halogens is 1. The Morgan fingerprint density at radius 1 is 1.62 bits per heavy atom. The topological polar surface area (TPSA) is 12.0 Å². The molecule has 1 fully saturated rings. The van der Waals surface area contributed by atoms with Gasteiger partial charge in [0.05, 0.1) is 0 Å². The fourth-order valence-electron chi connectivity index (χ4n) is 0.829. The summed E-state index contributed by atoms with van der Waals surface area (Å²) in [6.45, 7) is 2.45. The summed E-state index contributed by atoms with van der Waals surface area (Å²) in [5.41, 5.74) is 0. The summed E-state index contributed by atoms with van der Waals surface area (Å²) in [4.78, 5) is 0. The second kappa shape index (κ2) is 4.48. The van der Waals surface area contributed by atoms with Gasteiger partial charge in [0.1, 0.15) is 0 Å². The first-order chi connectivity index (χ1) is 3.43. The van der Waals surface area contributed by atoms with E-state index in [1.54, 1.807) is 0 Å². The van der Waals surface area contributed by atoms with Gasteiger partial charge in [0.25, 0.3) is 0 Å². The van der Waals surface area contributed by atoms with E-state index >= 15 is 0 Å². The van der Waals surface area contributed by atoms with Gasteiger partial charge in [-0.05, 0) is 19.2 Å². The second-order valence-electron chi connectivity index (χ2n) is 1.85. The Labute approximate surface area is 61.0 Å². The molecule has 0 aliphatic carbocycles. The molecule has 8 heavy (non-hydrogen) atoms. The summed E-state index contributed by atoms with van der Waals surface area (Å²) in [7, 11) is 0. The summed E-state index contributed by atoms with van der Waals surface area (Å²) in [6, 6.07) is 0. The Kier molecular flexibility index (Phi) is 4.81. The van der Waals surface area contributed by atoms with Crippen molar-refractivity contribution in [2.75, 3.05) is 19.3 Å². The van der Waals surface area contributed by atoms with Gasteiger partial charge in [0, 0.05) is 11.8 Å². The van der Waals surface area contributed by atoms with Crippen molar-refractivity contribution in [1.82, 2.24) is 5.32 Å². The SMILES string of the molecule is CSC1CCNC1.Cl. The molecule has 1 N–H and O–H groups in total. The van der Waals surface area contributed by atoms with Gasteiger partial charge in [0.2, 0.25) is 0 Å². The van der Waals surface area contributed by atoms with E-state index in [-0.39, 0.29) is 12.4 Å². The fraction of sp³-hybridized carbons (Fsp3) is 1.00. The maximum atomic E-state index is 3.30. The molecule has 0 amide bonds. The average molecular weight is 154 g/mol. The molecular formula is C5H12ClNS. The molecule has 1 heterocycles. The van der Waals surface area contributed by atoms with Crippen LogP contribution in [-0.4, -0.2) is 24.6 Å². The molecule has 1 rings (SSSR count). The van der Waals surface area contributed by atoms with E-state index in [4.69, 9.17) is 0 Å². The lowest BCUT2D eigenvalue weighted by molar-refractivity contribution is 0.858. The zero-order chi connectivity index (χ0) is 5.11. The Morgan fingerprint density at radius 2 is 2.38 bits per heavy atom. The van der Waals surface area contributed by atoms with Gasteiger partial charge in [-0.3, -0.25) is 0 Å². The van der Waals surface area contributed by atoms with E-state index in [0.717, 1.165) is 5.25 Å². The van der Waals surface area contributed by atoms with Gasteiger partial charge in [-0.2, -0.15) is 11.8 Å². The minimum absolute atomic E-state index is 0. The quantitative estimate of drug-likeness (QED) is 0.607. The molecule has 0 radical (unpaired) electrons. The number of hydrogen-bond acceptors (Lipinski definition) is 2. The molecule has 0 aromatic rings. The first kappa shape index (κ1) is 8.60. The Hall–Kier alpha value is 0.600. The van der Waals surface area contributed by atoms with Crippen molar-refractivity contribution in [3.05, 3.63) is 0 Å². The van der Waals surface area contributed by atoms with Crippen LogP contribution in [0.15, 0.2) is 0 Å². The van der Waals surface area contributed by atoms with Crippen LogP contribution in [0.2, 0.25) is 0 Å². The van der Waals surface area contributed by atoms with Crippen LogP contribution < -0.4 is 5.32 Å². The maximum absolute atomic E-state index is 3.30. The van der Waals surface area contributed by atoms with Crippen LogP contribution in [0.25, 0.3) is 0 Å². The van der Waals surface area contributed by atoms with Crippen molar-refractivity contribution in [2.45, 2.75) is 11.7 Å². The molecule has 1 unspecified atom stereocenters. The van der Waals surface area contributed by atoms with Crippen LogP contribution in [0.4, 0.5) is 0 Å². The fourth-order valence-corrected chi connectivity index (χ4v) is 1.47. The number of nitrogens with one attached hydrogen (secondary N) is 1. The van der Waals surface area contributed by atoms with E-state index in [1.807, 2.05) is 11.8 Å². The summed E-state index contributed by atoms with van der Waals surface area (Å²) >= 11 is 1.97. The molecule has 1 atom stereocenters. The zero-order valence-corrected chi connectivity index (χ0v) is 6.65. The van der Waals surface area contributed by atoms with Crippen LogP contribution in [0.3, 0.4) is 0 Å². The van der Waals surface area contributed by atoms with E-state index in [9.17, 15) is 0 Å². The molecule has 1 saturated heterocycles. The lowest BCUT2D eigenvalue weighted by atomic mass is 10.4. The molecule has 1 aliphatic heterocycles. The lowest BCUT2D eigenvalue weighted by Crippen LogP contribution is -2.09.